The Morgan fingerprint density at radius 3 is 2.58 bits per heavy atom. The van der Waals surface area contributed by atoms with Crippen LogP contribution in [0.1, 0.15) is 18.7 Å². The van der Waals surface area contributed by atoms with Gasteiger partial charge in [-0.1, -0.05) is 12.1 Å². The van der Waals surface area contributed by atoms with Gasteiger partial charge >= 0.3 is 5.63 Å². The third-order valence-corrected chi connectivity index (χ3v) is 3.22. The van der Waals surface area contributed by atoms with Crippen molar-refractivity contribution in [1.29, 1.82) is 0 Å². The third-order valence-electron chi connectivity index (χ3n) is 3.22. The molecule has 0 spiro atoms. The van der Waals surface area contributed by atoms with E-state index >= 15 is 0 Å². The Kier molecular flexibility index (Phi) is 2.52. The van der Waals surface area contributed by atoms with Gasteiger partial charge in [0.1, 0.15) is 11.8 Å². The fraction of sp³-hybridized carbons (Fsp3) is 0.133. The summed E-state index contributed by atoms with van der Waals surface area (Å²) in [5.41, 5.74) is 6.64. The first kappa shape index (κ1) is 11.7. The lowest BCUT2D eigenvalue weighted by Gasteiger charge is -2.06. The topological polar surface area (TPSA) is 56.2 Å². The highest BCUT2D eigenvalue weighted by atomic mass is 19.1. The summed E-state index contributed by atoms with van der Waals surface area (Å²) in [5, 5.41) is 1.93. The SMILES string of the molecule is CC(F)c1ccc2c(c1)c(=O)oc1cc(N)ccc12. The van der Waals surface area contributed by atoms with Crippen molar-refractivity contribution in [2.45, 2.75) is 13.1 Å². The summed E-state index contributed by atoms with van der Waals surface area (Å²) in [6.45, 7) is 1.44. The molecule has 0 aliphatic rings. The molecule has 0 fully saturated rings. The summed E-state index contributed by atoms with van der Waals surface area (Å²) in [7, 11) is 0. The lowest BCUT2D eigenvalue weighted by molar-refractivity contribution is 0.374. The van der Waals surface area contributed by atoms with Crippen LogP contribution in [0.3, 0.4) is 0 Å². The quantitative estimate of drug-likeness (QED) is 0.412. The van der Waals surface area contributed by atoms with E-state index in [1.807, 2.05) is 0 Å². The minimum atomic E-state index is -1.12. The number of nitrogen functional groups attached to an aromatic ring is 1. The lowest BCUT2D eigenvalue weighted by atomic mass is 10.0. The number of benzene rings is 2. The predicted molar refractivity (Wildman–Crippen MR) is 73.9 cm³/mol. The maximum atomic E-state index is 13.3. The minimum absolute atomic E-state index is 0.388. The Morgan fingerprint density at radius 2 is 1.84 bits per heavy atom. The van der Waals surface area contributed by atoms with Gasteiger partial charge in [0.2, 0.25) is 0 Å². The molecule has 2 aromatic carbocycles. The van der Waals surface area contributed by atoms with E-state index in [-0.39, 0.29) is 0 Å². The lowest BCUT2D eigenvalue weighted by Crippen LogP contribution is -2.01. The molecule has 4 heteroatoms. The molecule has 1 unspecified atom stereocenters. The number of nitrogens with two attached hydrogens (primary N) is 1. The molecule has 1 heterocycles. The molecule has 1 aromatic heterocycles. The average Bonchev–Trinajstić information content (AvgIpc) is 2.38. The van der Waals surface area contributed by atoms with Crippen molar-refractivity contribution >= 4 is 27.4 Å². The first-order valence-electron chi connectivity index (χ1n) is 5.96. The van der Waals surface area contributed by atoms with Gasteiger partial charge in [-0.15, -0.1) is 0 Å². The summed E-state index contributed by atoms with van der Waals surface area (Å²) in [5.74, 6) is 0. The molecule has 2 N–H and O–H groups in total. The second kappa shape index (κ2) is 4.09. The summed E-state index contributed by atoms with van der Waals surface area (Å²) < 4.78 is 18.5. The number of anilines is 1. The van der Waals surface area contributed by atoms with Crippen LogP contribution >= 0.6 is 0 Å². The van der Waals surface area contributed by atoms with Crippen molar-refractivity contribution in [1.82, 2.24) is 0 Å². The summed E-state index contributed by atoms with van der Waals surface area (Å²) in [4.78, 5) is 11.9. The molecule has 0 aliphatic carbocycles. The van der Waals surface area contributed by atoms with Crippen LogP contribution in [-0.2, 0) is 0 Å². The molecule has 3 rings (SSSR count). The molecule has 19 heavy (non-hydrogen) atoms. The molecule has 0 saturated heterocycles. The van der Waals surface area contributed by atoms with Crippen LogP contribution < -0.4 is 11.4 Å². The van der Waals surface area contributed by atoms with E-state index in [1.165, 1.54) is 6.92 Å². The summed E-state index contributed by atoms with van der Waals surface area (Å²) in [6, 6.07) is 10.1. The standard InChI is InChI=1S/C15H12FNO2/c1-8(16)9-2-4-11-12-5-3-10(17)7-14(12)19-15(18)13(11)6-9/h2-8H,17H2,1H3. The van der Waals surface area contributed by atoms with E-state index in [2.05, 4.69) is 0 Å². The number of alkyl halides is 1. The van der Waals surface area contributed by atoms with Crippen molar-refractivity contribution < 1.29 is 8.81 Å². The van der Waals surface area contributed by atoms with Crippen LogP contribution in [0, 0.1) is 0 Å². The number of fused-ring (bicyclic) bond motifs is 3. The van der Waals surface area contributed by atoms with Crippen LogP contribution in [0.2, 0.25) is 0 Å². The molecule has 3 nitrogen and oxygen atoms in total. The fourth-order valence-electron chi connectivity index (χ4n) is 2.21. The molecular formula is C15H12FNO2. The van der Waals surface area contributed by atoms with Crippen LogP contribution in [0.4, 0.5) is 10.1 Å². The molecule has 0 saturated carbocycles. The molecular weight excluding hydrogens is 245 g/mol. The van der Waals surface area contributed by atoms with Crippen molar-refractivity contribution in [3.63, 3.8) is 0 Å². The van der Waals surface area contributed by atoms with E-state index in [0.717, 1.165) is 10.8 Å². The molecule has 96 valence electrons. The largest absolute Gasteiger partial charge is 0.422 e. The Hall–Kier alpha value is -2.36. The molecule has 3 aromatic rings. The number of hydrogen-bond donors (Lipinski definition) is 1. The molecule has 0 amide bonds. The van der Waals surface area contributed by atoms with E-state index in [0.29, 0.717) is 22.2 Å². The van der Waals surface area contributed by atoms with Crippen LogP contribution in [0.15, 0.2) is 45.6 Å². The highest BCUT2D eigenvalue weighted by Gasteiger charge is 2.10. The Bertz CT molecular complexity index is 837. The van der Waals surface area contributed by atoms with Crippen LogP contribution in [-0.4, -0.2) is 0 Å². The van der Waals surface area contributed by atoms with E-state index in [9.17, 15) is 9.18 Å². The van der Waals surface area contributed by atoms with Gasteiger partial charge in [0.05, 0.1) is 5.39 Å². The van der Waals surface area contributed by atoms with Gasteiger partial charge in [-0.2, -0.15) is 0 Å². The number of rotatable bonds is 1. The van der Waals surface area contributed by atoms with Gasteiger partial charge in [0.15, 0.2) is 0 Å². The normalized spacial score (nSPS) is 12.9. The van der Waals surface area contributed by atoms with Crippen LogP contribution in [0.5, 0.6) is 0 Å². The number of halogens is 1. The van der Waals surface area contributed by atoms with E-state index in [4.69, 9.17) is 10.2 Å². The molecule has 0 bridgehead atoms. The van der Waals surface area contributed by atoms with Gasteiger partial charge in [0.25, 0.3) is 0 Å². The molecule has 0 radical (unpaired) electrons. The second-order valence-electron chi connectivity index (χ2n) is 4.57. The Balaban J connectivity index is 2.46. The minimum Gasteiger partial charge on any atom is -0.422 e. The van der Waals surface area contributed by atoms with Crippen molar-refractivity contribution in [3.8, 4) is 0 Å². The maximum absolute atomic E-state index is 13.3. The third kappa shape index (κ3) is 1.85. The Labute approximate surface area is 108 Å². The Morgan fingerprint density at radius 1 is 1.11 bits per heavy atom. The van der Waals surface area contributed by atoms with E-state index in [1.54, 1.807) is 36.4 Å². The fourth-order valence-corrected chi connectivity index (χ4v) is 2.21. The van der Waals surface area contributed by atoms with Gasteiger partial charge in [-0.25, -0.2) is 9.18 Å². The first-order chi connectivity index (χ1) is 9.06. The zero-order valence-corrected chi connectivity index (χ0v) is 10.3. The molecule has 0 aliphatic heterocycles. The highest BCUT2D eigenvalue weighted by Crippen LogP contribution is 2.27. The van der Waals surface area contributed by atoms with Crippen LogP contribution in [0.25, 0.3) is 21.7 Å². The predicted octanol–water partition coefficient (Wildman–Crippen LogP) is 3.56. The highest BCUT2D eigenvalue weighted by molar-refractivity contribution is 6.05. The molecule has 1 atom stereocenters. The zero-order valence-electron chi connectivity index (χ0n) is 10.3. The van der Waals surface area contributed by atoms with Gasteiger partial charge in [-0.3, -0.25) is 0 Å². The van der Waals surface area contributed by atoms with Gasteiger partial charge in [0, 0.05) is 17.1 Å². The second-order valence-corrected chi connectivity index (χ2v) is 4.57. The summed E-state index contributed by atoms with van der Waals surface area (Å²) in [6.07, 6.45) is -1.12. The monoisotopic (exact) mass is 257 g/mol. The smallest absolute Gasteiger partial charge is 0.344 e. The van der Waals surface area contributed by atoms with E-state index < -0.39 is 11.8 Å². The average molecular weight is 257 g/mol. The van der Waals surface area contributed by atoms with Crippen molar-refractivity contribution in [3.05, 3.63) is 52.4 Å². The van der Waals surface area contributed by atoms with Crippen molar-refractivity contribution in [2.24, 2.45) is 0 Å². The summed E-state index contributed by atoms with van der Waals surface area (Å²) >= 11 is 0. The number of hydrogen-bond acceptors (Lipinski definition) is 3. The van der Waals surface area contributed by atoms with Gasteiger partial charge < -0.3 is 10.2 Å². The van der Waals surface area contributed by atoms with Crippen molar-refractivity contribution in [2.75, 3.05) is 5.73 Å². The zero-order chi connectivity index (χ0) is 13.6. The first-order valence-corrected chi connectivity index (χ1v) is 5.96. The van der Waals surface area contributed by atoms with Gasteiger partial charge in [-0.05, 0) is 36.1 Å². The maximum Gasteiger partial charge on any atom is 0.344 e.